The van der Waals surface area contributed by atoms with E-state index in [-0.39, 0.29) is 5.28 Å². The molecule has 1 aromatic heterocycles. The van der Waals surface area contributed by atoms with E-state index in [9.17, 15) is 0 Å². The van der Waals surface area contributed by atoms with Crippen molar-refractivity contribution in [2.24, 2.45) is 0 Å². The lowest BCUT2D eigenvalue weighted by Crippen LogP contribution is -2.31. The summed E-state index contributed by atoms with van der Waals surface area (Å²) in [5.74, 6) is 0.624. The minimum absolute atomic E-state index is 0.189. The summed E-state index contributed by atoms with van der Waals surface area (Å²) >= 11 is 5.92. The lowest BCUT2D eigenvalue weighted by molar-refractivity contribution is 0.286. The number of nitrogens with zero attached hydrogens (tertiary/aromatic N) is 4. The summed E-state index contributed by atoms with van der Waals surface area (Å²) in [6, 6.07) is 0.310. The third-order valence-corrected chi connectivity index (χ3v) is 3.17. The molecule has 0 unspecified atom stereocenters. The van der Waals surface area contributed by atoms with Gasteiger partial charge in [-0.15, -0.1) is 6.58 Å². The molecule has 0 aliphatic carbocycles. The number of halogens is 1. The quantitative estimate of drug-likeness (QED) is 0.593. The van der Waals surface area contributed by atoms with Gasteiger partial charge in [0.1, 0.15) is 0 Å². The molecule has 19 heavy (non-hydrogen) atoms. The van der Waals surface area contributed by atoms with E-state index in [1.807, 2.05) is 6.08 Å². The van der Waals surface area contributed by atoms with Crippen LogP contribution < -0.4 is 9.64 Å². The van der Waals surface area contributed by atoms with E-state index in [2.05, 4.69) is 26.4 Å². The zero-order valence-electron chi connectivity index (χ0n) is 11.0. The van der Waals surface area contributed by atoms with Crippen molar-refractivity contribution in [1.82, 2.24) is 15.0 Å². The molecule has 0 spiro atoms. The number of piperidine rings is 1. The lowest BCUT2D eigenvalue weighted by Gasteiger charge is -2.26. The molecule has 0 atom stereocenters. The van der Waals surface area contributed by atoms with Crippen LogP contribution in [-0.2, 0) is 0 Å². The fraction of sp³-hybridized carbons (Fsp3) is 0.615. The Kier molecular flexibility index (Phi) is 5.39. The molecule has 0 N–H and O–H groups in total. The van der Waals surface area contributed by atoms with Gasteiger partial charge in [-0.3, -0.25) is 0 Å². The van der Waals surface area contributed by atoms with Gasteiger partial charge in [-0.25, -0.2) is 0 Å². The van der Waals surface area contributed by atoms with Crippen molar-refractivity contribution in [2.45, 2.75) is 32.1 Å². The van der Waals surface area contributed by atoms with Crippen LogP contribution in [0, 0.1) is 0 Å². The van der Waals surface area contributed by atoms with Crippen LogP contribution in [0.2, 0.25) is 5.28 Å². The highest BCUT2D eigenvalue weighted by molar-refractivity contribution is 6.28. The van der Waals surface area contributed by atoms with Gasteiger partial charge in [0, 0.05) is 13.1 Å². The Bertz CT molecular complexity index is 421. The standard InChI is InChI=1S/C13H19ClN4O/c1-2-3-7-10-19-13-16-11(14)15-12(17-13)18-8-5-4-6-9-18/h2H,1,3-10H2. The molecule has 1 fully saturated rings. The number of rotatable bonds is 6. The summed E-state index contributed by atoms with van der Waals surface area (Å²) in [4.78, 5) is 14.6. The van der Waals surface area contributed by atoms with Gasteiger partial charge in [0.2, 0.25) is 11.2 Å². The Morgan fingerprint density at radius 3 is 2.74 bits per heavy atom. The molecule has 6 heteroatoms. The van der Waals surface area contributed by atoms with Gasteiger partial charge in [0.15, 0.2) is 0 Å². The van der Waals surface area contributed by atoms with Crippen molar-refractivity contribution in [2.75, 3.05) is 24.6 Å². The largest absolute Gasteiger partial charge is 0.463 e. The van der Waals surface area contributed by atoms with E-state index in [0.717, 1.165) is 25.9 Å². The molecule has 0 aromatic carbocycles. The van der Waals surface area contributed by atoms with Crippen LogP contribution in [0.3, 0.4) is 0 Å². The second-order valence-corrected chi connectivity index (χ2v) is 4.85. The molecule has 1 aromatic rings. The van der Waals surface area contributed by atoms with Crippen LogP contribution in [0.25, 0.3) is 0 Å². The van der Waals surface area contributed by atoms with Crippen molar-refractivity contribution >= 4 is 17.5 Å². The summed E-state index contributed by atoms with van der Waals surface area (Å²) in [6.45, 7) is 6.17. The van der Waals surface area contributed by atoms with Gasteiger partial charge in [-0.2, -0.15) is 15.0 Å². The van der Waals surface area contributed by atoms with Crippen LogP contribution in [0.5, 0.6) is 6.01 Å². The van der Waals surface area contributed by atoms with Crippen molar-refractivity contribution in [3.63, 3.8) is 0 Å². The first-order valence-electron chi connectivity index (χ1n) is 6.70. The first kappa shape index (κ1) is 14.1. The number of ether oxygens (including phenoxy) is 1. The van der Waals surface area contributed by atoms with E-state index in [0.29, 0.717) is 18.6 Å². The third-order valence-electron chi connectivity index (χ3n) is 3.00. The van der Waals surface area contributed by atoms with Crippen LogP contribution in [0.1, 0.15) is 32.1 Å². The van der Waals surface area contributed by atoms with E-state index < -0.39 is 0 Å². The fourth-order valence-electron chi connectivity index (χ4n) is 2.01. The molecular weight excluding hydrogens is 264 g/mol. The summed E-state index contributed by atoms with van der Waals surface area (Å²) in [5.41, 5.74) is 0. The average Bonchev–Trinajstić information content (AvgIpc) is 2.44. The molecule has 5 nitrogen and oxygen atoms in total. The van der Waals surface area contributed by atoms with Gasteiger partial charge < -0.3 is 9.64 Å². The van der Waals surface area contributed by atoms with Crippen LogP contribution in [0.4, 0.5) is 5.95 Å². The highest BCUT2D eigenvalue weighted by Gasteiger charge is 2.16. The molecule has 2 rings (SSSR count). The number of unbranched alkanes of at least 4 members (excludes halogenated alkanes) is 1. The summed E-state index contributed by atoms with van der Waals surface area (Å²) < 4.78 is 5.50. The lowest BCUT2D eigenvalue weighted by atomic mass is 10.1. The van der Waals surface area contributed by atoms with Gasteiger partial charge >= 0.3 is 6.01 Å². The second kappa shape index (κ2) is 7.28. The average molecular weight is 283 g/mol. The minimum atomic E-state index is 0.189. The molecule has 0 amide bonds. The monoisotopic (exact) mass is 282 g/mol. The maximum Gasteiger partial charge on any atom is 0.322 e. The smallest absolute Gasteiger partial charge is 0.322 e. The predicted octanol–water partition coefficient (Wildman–Crippen LogP) is 2.86. The Hall–Kier alpha value is -1.36. The predicted molar refractivity (Wildman–Crippen MR) is 75.8 cm³/mol. The number of aromatic nitrogens is 3. The molecule has 0 saturated carbocycles. The molecule has 0 bridgehead atoms. The molecule has 104 valence electrons. The fourth-order valence-corrected chi connectivity index (χ4v) is 2.16. The van der Waals surface area contributed by atoms with Gasteiger partial charge in [0.25, 0.3) is 0 Å². The minimum Gasteiger partial charge on any atom is -0.463 e. The maximum atomic E-state index is 5.92. The van der Waals surface area contributed by atoms with Crippen molar-refractivity contribution in [3.05, 3.63) is 17.9 Å². The van der Waals surface area contributed by atoms with Crippen molar-refractivity contribution in [3.8, 4) is 6.01 Å². The molecule has 0 radical (unpaired) electrons. The summed E-state index contributed by atoms with van der Waals surface area (Å²) in [5, 5.41) is 0.189. The molecule has 1 saturated heterocycles. The van der Waals surface area contributed by atoms with E-state index in [1.165, 1.54) is 19.3 Å². The molecule has 2 heterocycles. The Balaban J connectivity index is 1.99. The zero-order valence-corrected chi connectivity index (χ0v) is 11.8. The van der Waals surface area contributed by atoms with E-state index >= 15 is 0 Å². The van der Waals surface area contributed by atoms with Gasteiger partial charge in [0.05, 0.1) is 6.61 Å². The number of anilines is 1. The highest BCUT2D eigenvalue weighted by atomic mass is 35.5. The molecule has 1 aliphatic heterocycles. The van der Waals surface area contributed by atoms with Gasteiger partial charge in [-0.05, 0) is 43.7 Å². The van der Waals surface area contributed by atoms with Crippen molar-refractivity contribution < 1.29 is 4.74 Å². The SMILES string of the molecule is C=CCCCOc1nc(Cl)nc(N2CCCCC2)n1. The number of hydrogen-bond donors (Lipinski definition) is 0. The summed E-state index contributed by atoms with van der Waals surface area (Å²) in [6.07, 6.45) is 7.27. The first-order chi connectivity index (χ1) is 9.29. The maximum absolute atomic E-state index is 5.92. The van der Waals surface area contributed by atoms with Gasteiger partial charge in [-0.1, -0.05) is 6.08 Å². The third kappa shape index (κ3) is 4.35. The summed E-state index contributed by atoms with van der Waals surface area (Å²) in [7, 11) is 0. The van der Waals surface area contributed by atoms with Crippen LogP contribution >= 0.6 is 11.6 Å². The van der Waals surface area contributed by atoms with Crippen LogP contribution in [0.15, 0.2) is 12.7 Å². The van der Waals surface area contributed by atoms with Crippen LogP contribution in [-0.4, -0.2) is 34.6 Å². The molecule has 1 aliphatic rings. The highest BCUT2D eigenvalue weighted by Crippen LogP contribution is 2.19. The molecular formula is C13H19ClN4O. The normalized spacial score (nSPS) is 15.3. The second-order valence-electron chi connectivity index (χ2n) is 4.51. The number of allylic oxidation sites excluding steroid dienone is 1. The Morgan fingerprint density at radius 1 is 1.21 bits per heavy atom. The number of hydrogen-bond acceptors (Lipinski definition) is 5. The van der Waals surface area contributed by atoms with Crippen molar-refractivity contribution in [1.29, 1.82) is 0 Å². The van der Waals surface area contributed by atoms with E-state index in [4.69, 9.17) is 16.3 Å². The zero-order chi connectivity index (χ0) is 13.5. The first-order valence-corrected chi connectivity index (χ1v) is 7.07. The Morgan fingerprint density at radius 2 is 2.00 bits per heavy atom. The Labute approximate surface area is 118 Å². The topological polar surface area (TPSA) is 51.1 Å². The van der Waals surface area contributed by atoms with E-state index in [1.54, 1.807) is 0 Å².